The molecule has 0 aliphatic rings. The molecule has 0 bridgehead atoms. The number of carbonyl (C=O) groups is 4. The summed E-state index contributed by atoms with van der Waals surface area (Å²) in [5.74, 6) is -2.91. The molecule has 0 radical (unpaired) electrons. The smallest absolute Gasteiger partial charge is 0.320 e. The molecule has 9 nitrogen and oxygen atoms in total. The molecule has 0 saturated carbocycles. The summed E-state index contributed by atoms with van der Waals surface area (Å²) < 4.78 is 23.6. The van der Waals surface area contributed by atoms with E-state index in [1.165, 1.54) is 21.1 Å². The van der Waals surface area contributed by atoms with Crippen LogP contribution in [0.5, 0.6) is 0 Å². The van der Waals surface area contributed by atoms with Crippen LogP contribution >= 0.6 is 0 Å². The van der Waals surface area contributed by atoms with Gasteiger partial charge >= 0.3 is 17.9 Å². The second-order valence-corrected chi connectivity index (χ2v) is 4.20. The molecular weight excluding hydrogens is 300 g/mol. The fraction of sp³-hybridized carbons (Fsp3) is 0.692. The predicted molar refractivity (Wildman–Crippen MR) is 70.6 cm³/mol. The number of ether oxygens (including phenoxy) is 5. The van der Waals surface area contributed by atoms with Gasteiger partial charge in [-0.05, 0) is 6.92 Å². The van der Waals surface area contributed by atoms with Crippen molar-refractivity contribution in [1.29, 1.82) is 0 Å². The van der Waals surface area contributed by atoms with E-state index in [2.05, 4.69) is 9.47 Å². The predicted octanol–water partition coefficient (Wildman–Crippen LogP) is -0.396. The van der Waals surface area contributed by atoms with Gasteiger partial charge in [-0.25, -0.2) is 0 Å². The van der Waals surface area contributed by atoms with Gasteiger partial charge in [-0.1, -0.05) is 0 Å². The van der Waals surface area contributed by atoms with Crippen LogP contribution in [0.4, 0.5) is 0 Å². The van der Waals surface area contributed by atoms with Gasteiger partial charge < -0.3 is 23.7 Å². The number of ketones is 1. The molecule has 126 valence electrons. The van der Waals surface area contributed by atoms with Gasteiger partial charge in [-0.3, -0.25) is 19.2 Å². The molecule has 1 unspecified atom stereocenters. The normalized spacial score (nSPS) is 11.4. The Kier molecular flexibility index (Phi) is 10.6. The van der Waals surface area contributed by atoms with Crippen LogP contribution in [0, 0.1) is 0 Å². The third-order valence-electron chi connectivity index (χ3n) is 2.24. The molecule has 22 heavy (non-hydrogen) atoms. The molecule has 0 saturated heterocycles. The number of methoxy groups -OCH3 is 2. The first-order chi connectivity index (χ1) is 10.4. The van der Waals surface area contributed by atoms with Gasteiger partial charge in [0.15, 0.2) is 0 Å². The first-order valence-corrected chi connectivity index (χ1v) is 6.37. The molecule has 0 heterocycles. The van der Waals surface area contributed by atoms with E-state index in [1.807, 2.05) is 0 Å². The lowest BCUT2D eigenvalue weighted by Gasteiger charge is -2.14. The molecular formula is C13H20O9. The maximum atomic E-state index is 11.3. The number of carbonyl (C=O) groups excluding carboxylic acids is 4. The largest absolute Gasteiger partial charge is 0.462 e. The van der Waals surface area contributed by atoms with Gasteiger partial charge in [0.25, 0.3) is 0 Å². The average Bonchev–Trinajstić information content (AvgIpc) is 2.42. The standard InChI is InChI=1S/C13H20O9/c1-9(14)4-11(15)21-8-22-13(17)5-12(16)20-7-10(19-3)6-18-2/h10H,4-8H2,1-3H3. The van der Waals surface area contributed by atoms with Gasteiger partial charge in [0.05, 0.1) is 6.61 Å². The Balaban J connectivity index is 3.84. The molecule has 0 aromatic heterocycles. The highest BCUT2D eigenvalue weighted by Gasteiger charge is 2.16. The van der Waals surface area contributed by atoms with Crippen LogP contribution in [-0.2, 0) is 42.9 Å². The summed E-state index contributed by atoms with van der Waals surface area (Å²) in [5, 5.41) is 0. The fourth-order valence-corrected chi connectivity index (χ4v) is 1.19. The molecule has 1 atom stereocenters. The van der Waals surface area contributed by atoms with Crippen molar-refractivity contribution in [1.82, 2.24) is 0 Å². The van der Waals surface area contributed by atoms with E-state index >= 15 is 0 Å². The van der Waals surface area contributed by atoms with Gasteiger partial charge in [-0.2, -0.15) is 0 Å². The summed E-state index contributed by atoms with van der Waals surface area (Å²) in [6.45, 7) is 0.729. The number of hydrogen-bond acceptors (Lipinski definition) is 9. The molecule has 0 aliphatic heterocycles. The molecule has 0 aliphatic carbocycles. The van der Waals surface area contributed by atoms with Crippen molar-refractivity contribution in [3.05, 3.63) is 0 Å². The van der Waals surface area contributed by atoms with Crippen molar-refractivity contribution in [2.24, 2.45) is 0 Å². The second-order valence-electron chi connectivity index (χ2n) is 4.20. The van der Waals surface area contributed by atoms with Crippen molar-refractivity contribution in [2.75, 3.05) is 34.2 Å². The summed E-state index contributed by atoms with van der Waals surface area (Å²) in [7, 11) is 2.90. The van der Waals surface area contributed by atoms with Crippen LogP contribution in [0.2, 0.25) is 0 Å². The lowest BCUT2D eigenvalue weighted by molar-refractivity contribution is -0.169. The lowest BCUT2D eigenvalue weighted by Crippen LogP contribution is -2.26. The van der Waals surface area contributed by atoms with Crippen molar-refractivity contribution in [3.63, 3.8) is 0 Å². The zero-order valence-electron chi connectivity index (χ0n) is 12.8. The summed E-state index contributed by atoms with van der Waals surface area (Å²) >= 11 is 0. The van der Waals surface area contributed by atoms with Gasteiger partial charge in [-0.15, -0.1) is 0 Å². The monoisotopic (exact) mass is 320 g/mol. The van der Waals surface area contributed by atoms with Crippen LogP contribution in [0.25, 0.3) is 0 Å². The Morgan fingerprint density at radius 3 is 1.86 bits per heavy atom. The van der Waals surface area contributed by atoms with Crippen LogP contribution in [0.1, 0.15) is 19.8 Å². The second kappa shape index (κ2) is 11.6. The lowest BCUT2D eigenvalue weighted by atomic mass is 10.3. The first kappa shape index (κ1) is 20.0. The minimum atomic E-state index is -0.915. The Morgan fingerprint density at radius 1 is 0.818 bits per heavy atom. The Morgan fingerprint density at radius 2 is 1.36 bits per heavy atom. The summed E-state index contributed by atoms with van der Waals surface area (Å²) in [6.07, 6.45) is -1.47. The van der Waals surface area contributed by atoms with Gasteiger partial charge in [0.2, 0.25) is 6.79 Å². The van der Waals surface area contributed by atoms with E-state index in [9.17, 15) is 19.2 Å². The van der Waals surface area contributed by atoms with E-state index in [4.69, 9.17) is 14.2 Å². The molecule has 0 rings (SSSR count). The van der Waals surface area contributed by atoms with Crippen LogP contribution in [-0.4, -0.2) is 64.0 Å². The highest BCUT2D eigenvalue weighted by atomic mass is 16.7. The third kappa shape index (κ3) is 10.7. The molecule has 0 aromatic carbocycles. The van der Waals surface area contributed by atoms with Crippen molar-refractivity contribution in [2.45, 2.75) is 25.9 Å². The quantitative estimate of drug-likeness (QED) is 0.285. The number of hydrogen-bond donors (Lipinski definition) is 0. The van der Waals surface area contributed by atoms with Crippen LogP contribution in [0.3, 0.4) is 0 Å². The molecule has 9 heteroatoms. The average molecular weight is 320 g/mol. The van der Waals surface area contributed by atoms with Gasteiger partial charge in [0, 0.05) is 14.2 Å². The molecule has 0 fully saturated rings. The van der Waals surface area contributed by atoms with Crippen LogP contribution in [0.15, 0.2) is 0 Å². The van der Waals surface area contributed by atoms with E-state index in [-0.39, 0.29) is 19.0 Å². The Labute approximate surface area is 127 Å². The SMILES string of the molecule is COCC(COC(=O)CC(=O)OCOC(=O)CC(C)=O)OC. The Hall–Kier alpha value is -2.00. The van der Waals surface area contributed by atoms with E-state index in [0.717, 1.165) is 0 Å². The van der Waals surface area contributed by atoms with E-state index < -0.39 is 43.6 Å². The van der Waals surface area contributed by atoms with Crippen LogP contribution < -0.4 is 0 Å². The first-order valence-electron chi connectivity index (χ1n) is 6.37. The Bertz CT molecular complexity index is 391. The maximum absolute atomic E-state index is 11.3. The molecule has 0 aromatic rings. The van der Waals surface area contributed by atoms with Gasteiger partial charge in [0.1, 0.15) is 31.3 Å². The van der Waals surface area contributed by atoms with Crippen molar-refractivity contribution in [3.8, 4) is 0 Å². The topological polar surface area (TPSA) is 114 Å². The molecule has 0 amide bonds. The van der Waals surface area contributed by atoms with E-state index in [1.54, 1.807) is 0 Å². The molecule has 0 N–H and O–H groups in total. The van der Waals surface area contributed by atoms with E-state index in [0.29, 0.717) is 0 Å². The summed E-state index contributed by atoms with van der Waals surface area (Å²) in [5.41, 5.74) is 0. The maximum Gasteiger partial charge on any atom is 0.320 e. The number of esters is 3. The zero-order valence-corrected chi connectivity index (χ0v) is 12.8. The summed E-state index contributed by atoms with van der Waals surface area (Å²) in [4.78, 5) is 44.2. The third-order valence-corrected chi connectivity index (χ3v) is 2.24. The number of rotatable bonds is 11. The summed E-state index contributed by atoms with van der Waals surface area (Å²) in [6, 6.07) is 0. The minimum Gasteiger partial charge on any atom is -0.462 e. The zero-order chi connectivity index (χ0) is 17.0. The highest BCUT2D eigenvalue weighted by molar-refractivity contribution is 5.94. The highest BCUT2D eigenvalue weighted by Crippen LogP contribution is 1.97. The van der Waals surface area contributed by atoms with Crippen molar-refractivity contribution >= 4 is 23.7 Å². The van der Waals surface area contributed by atoms with Crippen molar-refractivity contribution < 1.29 is 42.9 Å². The fourth-order valence-electron chi connectivity index (χ4n) is 1.19. The molecule has 0 spiro atoms. The number of Topliss-reactive ketones (excluding diaryl/α,β-unsaturated/α-hetero) is 1. The minimum absolute atomic E-state index is 0.0654.